The third-order valence-electron chi connectivity index (χ3n) is 3.26. The van der Waals surface area contributed by atoms with Crippen molar-refractivity contribution in [1.29, 1.82) is 0 Å². The topological polar surface area (TPSA) is 92.4 Å². The maximum atomic E-state index is 11.7. The Balaban J connectivity index is 3.94. The van der Waals surface area contributed by atoms with Gasteiger partial charge in [0.2, 0.25) is 5.91 Å². The Morgan fingerprint density at radius 1 is 1.33 bits per heavy atom. The van der Waals surface area contributed by atoms with E-state index in [0.29, 0.717) is 19.5 Å². The SMILES string of the molecule is CCC(CN)C(=O)NCCC(C)(C)CCC(=O)O. The van der Waals surface area contributed by atoms with Gasteiger partial charge in [0.15, 0.2) is 0 Å². The molecule has 4 N–H and O–H groups in total. The Hall–Kier alpha value is -1.10. The summed E-state index contributed by atoms with van der Waals surface area (Å²) in [4.78, 5) is 22.2. The molecule has 0 aromatic heterocycles. The van der Waals surface area contributed by atoms with Gasteiger partial charge in [0.25, 0.3) is 0 Å². The summed E-state index contributed by atoms with van der Waals surface area (Å²) in [6.07, 6.45) is 2.30. The number of hydrogen-bond donors (Lipinski definition) is 3. The first-order chi connectivity index (χ1) is 8.32. The number of aliphatic carboxylic acids is 1. The van der Waals surface area contributed by atoms with E-state index in [1.165, 1.54) is 0 Å². The van der Waals surface area contributed by atoms with E-state index in [-0.39, 0.29) is 23.7 Å². The smallest absolute Gasteiger partial charge is 0.303 e. The number of nitrogens with one attached hydrogen (secondary N) is 1. The normalized spacial score (nSPS) is 13.1. The van der Waals surface area contributed by atoms with Crippen molar-refractivity contribution in [3.63, 3.8) is 0 Å². The Bertz CT molecular complexity index is 273. The number of carboxylic acids is 1. The number of carbonyl (C=O) groups is 2. The van der Waals surface area contributed by atoms with Gasteiger partial charge in [-0.05, 0) is 24.7 Å². The van der Waals surface area contributed by atoms with Crippen molar-refractivity contribution >= 4 is 11.9 Å². The fraction of sp³-hybridized carbons (Fsp3) is 0.846. The van der Waals surface area contributed by atoms with Crippen LogP contribution < -0.4 is 11.1 Å². The number of hydrogen-bond acceptors (Lipinski definition) is 3. The summed E-state index contributed by atoms with van der Waals surface area (Å²) in [5.74, 6) is -0.901. The Kier molecular flexibility index (Phi) is 7.59. The lowest BCUT2D eigenvalue weighted by molar-refractivity contribution is -0.137. The van der Waals surface area contributed by atoms with E-state index in [1.807, 2.05) is 20.8 Å². The lowest BCUT2D eigenvalue weighted by Gasteiger charge is -2.24. The first-order valence-electron chi connectivity index (χ1n) is 6.52. The minimum atomic E-state index is -0.777. The summed E-state index contributed by atoms with van der Waals surface area (Å²) < 4.78 is 0. The van der Waals surface area contributed by atoms with Crippen molar-refractivity contribution in [2.75, 3.05) is 13.1 Å². The van der Waals surface area contributed by atoms with Gasteiger partial charge in [-0.2, -0.15) is 0 Å². The third kappa shape index (κ3) is 7.27. The number of carboxylic acid groups (broad SMARTS) is 1. The molecule has 106 valence electrons. The number of carbonyl (C=O) groups excluding carboxylic acids is 1. The molecule has 0 aromatic rings. The molecule has 0 heterocycles. The average molecular weight is 258 g/mol. The predicted molar refractivity (Wildman–Crippen MR) is 71.1 cm³/mol. The van der Waals surface area contributed by atoms with Crippen molar-refractivity contribution in [3.8, 4) is 0 Å². The van der Waals surface area contributed by atoms with E-state index >= 15 is 0 Å². The van der Waals surface area contributed by atoms with Crippen LogP contribution in [0, 0.1) is 11.3 Å². The van der Waals surface area contributed by atoms with Gasteiger partial charge in [0, 0.05) is 25.4 Å². The fourth-order valence-electron chi connectivity index (χ4n) is 1.70. The van der Waals surface area contributed by atoms with Crippen LogP contribution in [0.1, 0.15) is 46.5 Å². The molecule has 0 fully saturated rings. The monoisotopic (exact) mass is 258 g/mol. The molecule has 5 heteroatoms. The highest BCUT2D eigenvalue weighted by Crippen LogP contribution is 2.26. The molecule has 18 heavy (non-hydrogen) atoms. The zero-order chi connectivity index (χ0) is 14.2. The number of amides is 1. The summed E-state index contributed by atoms with van der Waals surface area (Å²) in [5, 5.41) is 11.5. The van der Waals surface area contributed by atoms with Crippen LogP contribution in [0.5, 0.6) is 0 Å². The summed E-state index contributed by atoms with van der Waals surface area (Å²) in [6, 6.07) is 0. The van der Waals surface area contributed by atoms with E-state index in [4.69, 9.17) is 10.8 Å². The molecule has 0 saturated carbocycles. The molecule has 1 amide bonds. The average Bonchev–Trinajstić information content (AvgIpc) is 2.28. The highest BCUT2D eigenvalue weighted by atomic mass is 16.4. The highest BCUT2D eigenvalue weighted by molar-refractivity contribution is 5.78. The van der Waals surface area contributed by atoms with Gasteiger partial charge in [-0.3, -0.25) is 9.59 Å². The molecule has 1 unspecified atom stereocenters. The van der Waals surface area contributed by atoms with Crippen molar-refractivity contribution in [2.45, 2.75) is 46.5 Å². The van der Waals surface area contributed by atoms with Crippen LogP contribution in [-0.2, 0) is 9.59 Å². The van der Waals surface area contributed by atoms with E-state index in [1.54, 1.807) is 0 Å². The molecule has 0 aromatic carbocycles. The van der Waals surface area contributed by atoms with Gasteiger partial charge in [0.05, 0.1) is 0 Å². The minimum Gasteiger partial charge on any atom is -0.481 e. The summed E-state index contributed by atoms with van der Waals surface area (Å²) in [6.45, 7) is 6.91. The Morgan fingerprint density at radius 2 is 1.94 bits per heavy atom. The molecular formula is C13H26N2O3. The second kappa shape index (κ2) is 8.08. The third-order valence-corrected chi connectivity index (χ3v) is 3.26. The molecule has 0 rings (SSSR count). The van der Waals surface area contributed by atoms with Gasteiger partial charge in [-0.15, -0.1) is 0 Å². The van der Waals surface area contributed by atoms with Gasteiger partial charge in [0.1, 0.15) is 0 Å². The van der Waals surface area contributed by atoms with Crippen LogP contribution in [0.15, 0.2) is 0 Å². The van der Waals surface area contributed by atoms with Gasteiger partial charge < -0.3 is 16.2 Å². The van der Waals surface area contributed by atoms with Crippen LogP contribution in [-0.4, -0.2) is 30.1 Å². The maximum Gasteiger partial charge on any atom is 0.303 e. The zero-order valence-electron chi connectivity index (χ0n) is 11.7. The molecule has 0 aliphatic rings. The summed E-state index contributed by atoms with van der Waals surface area (Å²) in [7, 11) is 0. The van der Waals surface area contributed by atoms with Crippen LogP contribution in [0.4, 0.5) is 0 Å². The zero-order valence-corrected chi connectivity index (χ0v) is 11.7. The van der Waals surface area contributed by atoms with Gasteiger partial charge in [-0.25, -0.2) is 0 Å². The molecule has 0 bridgehead atoms. The summed E-state index contributed by atoms with van der Waals surface area (Å²) in [5.41, 5.74) is 5.42. The van der Waals surface area contributed by atoms with Crippen molar-refractivity contribution < 1.29 is 14.7 Å². The fourth-order valence-corrected chi connectivity index (χ4v) is 1.70. The lowest BCUT2D eigenvalue weighted by Crippen LogP contribution is -2.36. The molecule has 0 spiro atoms. The Morgan fingerprint density at radius 3 is 2.39 bits per heavy atom. The predicted octanol–water partition coefficient (Wildman–Crippen LogP) is 1.37. The first kappa shape index (κ1) is 16.9. The highest BCUT2D eigenvalue weighted by Gasteiger charge is 2.20. The second-order valence-corrected chi connectivity index (χ2v) is 5.44. The lowest BCUT2D eigenvalue weighted by atomic mass is 9.84. The van der Waals surface area contributed by atoms with Crippen molar-refractivity contribution in [3.05, 3.63) is 0 Å². The second-order valence-electron chi connectivity index (χ2n) is 5.44. The van der Waals surface area contributed by atoms with Crippen molar-refractivity contribution in [2.24, 2.45) is 17.1 Å². The molecule has 1 atom stereocenters. The van der Waals surface area contributed by atoms with E-state index in [2.05, 4.69) is 5.32 Å². The quantitative estimate of drug-likeness (QED) is 0.582. The first-order valence-corrected chi connectivity index (χ1v) is 6.52. The molecule has 0 aliphatic carbocycles. The summed E-state index contributed by atoms with van der Waals surface area (Å²) >= 11 is 0. The largest absolute Gasteiger partial charge is 0.481 e. The van der Waals surface area contributed by atoms with Crippen LogP contribution in [0.3, 0.4) is 0 Å². The maximum absolute atomic E-state index is 11.7. The van der Waals surface area contributed by atoms with Crippen LogP contribution in [0.25, 0.3) is 0 Å². The molecule has 0 saturated heterocycles. The molecule has 0 radical (unpaired) electrons. The Labute approximate surface area is 109 Å². The van der Waals surface area contributed by atoms with E-state index in [0.717, 1.165) is 12.8 Å². The van der Waals surface area contributed by atoms with Crippen LogP contribution in [0.2, 0.25) is 0 Å². The molecule has 5 nitrogen and oxygen atoms in total. The van der Waals surface area contributed by atoms with Crippen molar-refractivity contribution in [1.82, 2.24) is 5.32 Å². The minimum absolute atomic E-state index is 0.00552. The van der Waals surface area contributed by atoms with E-state index < -0.39 is 5.97 Å². The van der Waals surface area contributed by atoms with Crippen LogP contribution >= 0.6 is 0 Å². The van der Waals surface area contributed by atoms with Gasteiger partial charge in [-0.1, -0.05) is 20.8 Å². The molecular weight excluding hydrogens is 232 g/mol. The standard InChI is InChI=1S/C13H26N2O3/c1-4-10(9-14)12(18)15-8-7-13(2,3)6-5-11(16)17/h10H,4-9,14H2,1-3H3,(H,15,18)(H,16,17). The number of rotatable bonds is 9. The number of nitrogens with two attached hydrogens (primary N) is 1. The molecule has 0 aliphatic heterocycles. The van der Waals surface area contributed by atoms with Gasteiger partial charge >= 0.3 is 5.97 Å². The van der Waals surface area contributed by atoms with E-state index in [9.17, 15) is 9.59 Å².